The van der Waals surface area contributed by atoms with E-state index in [4.69, 9.17) is 14.2 Å². The van der Waals surface area contributed by atoms with Gasteiger partial charge in [-0.25, -0.2) is 0 Å². The SMILES string of the molecule is CCCCCCCCCCCC(C)(C)C(C)(C)SSCCC(=O)NCCCOC1COC[C@H]1OC(C)C. The molecule has 0 aromatic heterocycles. The van der Waals surface area contributed by atoms with Crippen molar-refractivity contribution in [3.63, 3.8) is 0 Å². The van der Waals surface area contributed by atoms with Crippen LogP contribution in [0.1, 0.15) is 126 Å². The summed E-state index contributed by atoms with van der Waals surface area (Å²) < 4.78 is 17.4. The highest BCUT2D eigenvalue weighted by Crippen LogP contribution is 2.49. The molecular formula is C30H59NO4S2. The fourth-order valence-corrected chi connectivity index (χ4v) is 7.42. The lowest BCUT2D eigenvalue weighted by Gasteiger charge is -2.41. The zero-order valence-corrected chi connectivity index (χ0v) is 26.8. The van der Waals surface area contributed by atoms with Gasteiger partial charge in [0.1, 0.15) is 12.2 Å². The predicted molar refractivity (Wildman–Crippen MR) is 163 cm³/mol. The maximum absolute atomic E-state index is 12.2. The third kappa shape index (κ3) is 16.0. The van der Waals surface area contributed by atoms with Crippen molar-refractivity contribution < 1.29 is 19.0 Å². The van der Waals surface area contributed by atoms with Gasteiger partial charge in [0.25, 0.3) is 0 Å². The standard InChI is InChI=1S/C30H59NO4S2/c1-8-9-10-11-12-13-14-15-16-19-29(4,5)30(6,7)37-36-22-18-28(32)31-20-17-21-34-26-23-33-24-27(26)35-25(2)3/h25-27H,8-24H2,1-7H3,(H,31,32)/t26?,27-/m1/s1. The van der Waals surface area contributed by atoms with Gasteiger partial charge in [-0.2, -0.15) is 0 Å². The van der Waals surface area contributed by atoms with E-state index in [1.165, 1.54) is 64.2 Å². The molecule has 0 aromatic rings. The van der Waals surface area contributed by atoms with Crippen LogP contribution in [0.25, 0.3) is 0 Å². The van der Waals surface area contributed by atoms with Crippen LogP contribution in [0.2, 0.25) is 0 Å². The molecule has 0 radical (unpaired) electrons. The average molecular weight is 562 g/mol. The van der Waals surface area contributed by atoms with E-state index in [-0.39, 0.29) is 34.4 Å². The molecular weight excluding hydrogens is 502 g/mol. The Balaban J connectivity index is 2.08. The lowest BCUT2D eigenvalue weighted by molar-refractivity contribution is -0.120. The van der Waals surface area contributed by atoms with Gasteiger partial charge in [-0.05, 0) is 46.0 Å². The third-order valence-electron chi connectivity index (χ3n) is 7.62. The Morgan fingerprint density at radius 1 is 0.946 bits per heavy atom. The smallest absolute Gasteiger partial charge is 0.220 e. The number of hydrogen-bond acceptors (Lipinski definition) is 6. The molecule has 1 heterocycles. The van der Waals surface area contributed by atoms with Crippen molar-refractivity contribution in [2.24, 2.45) is 5.41 Å². The van der Waals surface area contributed by atoms with Crippen LogP contribution in [0.5, 0.6) is 0 Å². The van der Waals surface area contributed by atoms with Crippen molar-refractivity contribution in [3.05, 3.63) is 0 Å². The number of unbranched alkanes of at least 4 members (excludes halogenated alkanes) is 8. The summed E-state index contributed by atoms with van der Waals surface area (Å²) in [7, 11) is 3.79. The van der Waals surface area contributed by atoms with Gasteiger partial charge in [0.05, 0.1) is 19.3 Å². The van der Waals surface area contributed by atoms with E-state index in [0.717, 1.165) is 12.2 Å². The summed E-state index contributed by atoms with van der Waals surface area (Å²) >= 11 is 0. The highest BCUT2D eigenvalue weighted by atomic mass is 33.1. The Morgan fingerprint density at radius 3 is 2.22 bits per heavy atom. The van der Waals surface area contributed by atoms with Gasteiger partial charge in [0.15, 0.2) is 0 Å². The predicted octanol–water partition coefficient (Wildman–Crippen LogP) is 8.20. The molecule has 1 rings (SSSR count). The maximum atomic E-state index is 12.2. The maximum Gasteiger partial charge on any atom is 0.220 e. The van der Waals surface area contributed by atoms with Gasteiger partial charge in [0.2, 0.25) is 5.91 Å². The van der Waals surface area contributed by atoms with Crippen LogP contribution < -0.4 is 5.32 Å². The van der Waals surface area contributed by atoms with E-state index < -0.39 is 0 Å². The fraction of sp³-hybridized carbons (Fsp3) is 0.967. The molecule has 1 fully saturated rings. The van der Waals surface area contributed by atoms with Crippen molar-refractivity contribution >= 4 is 27.5 Å². The Hall–Kier alpha value is 0.0500. The molecule has 1 unspecified atom stereocenters. The Morgan fingerprint density at radius 2 is 1.57 bits per heavy atom. The first-order chi connectivity index (χ1) is 17.6. The van der Waals surface area contributed by atoms with Gasteiger partial charge in [-0.3, -0.25) is 4.79 Å². The van der Waals surface area contributed by atoms with Crippen LogP contribution in [-0.2, 0) is 19.0 Å². The fourth-order valence-electron chi connectivity index (χ4n) is 4.38. The van der Waals surface area contributed by atoms with Crippen LogP contribution >= 0.6 is 21.6 Å². The van der Waals surface area contributed by atoms with Crippen LogP contribution in [0.15, 0.2) is 0 Å². The minimum atomic E-state index is -0.000508. The van der Waals surface area contributed by atoms with Crippen LogP contribution in [0.4, 0.5) is 0 Å². The van der Waals surface area contributed by atoms with Crippen molar-refractivity contribution in [1.82, 2.24) is 5.32 Å². The molecule has 2 atom stereocenters. The van der Waals surface area contributed by atoms with E-state index in [0.29, 0.717) is 32.8 Å². The molecule has 0 saturated carbocycles. The molecule has 0 spiro atoms. The Kier molecular flexibility index (Phi) is 19.0. The monoisotopic (exact) mass is 561 g/mol. The molecule has 0 aliphatic carbocycles. The molecule has 1 aliphatic rings. The first kappa shape index (κ1) is 35.1. The molecule has 1 N–H and O–H groups in total. The summed E-state index contributed by atoms with van der Waals surface area (Å²) in [5.74, 6) is 0.975. The zero-order valence-electron chi connectivity index (χ0n) is 25.2. The largest absolute Gasteiger partial charge is 0.376 e. The molecule has 37 heavy (non-hydrogen) atoms. The number of amides is 1. The van der Waals surface area contributed by atoms with Crippen molar-refractivity contribution in [1.29, 1.82) is 0 Å². The number of ether oxygens (including phenoxy) is 3. The molecule has 220 valence electrons. The van der Waals surface area contributed by atoms with E-state index in [1.54, 1.807) is 0 Å². The summed E-state index contributed by atoms with van der Waals surface area (Å²) in [5, 5.41) is 3.03. The molecule has 0 aromatic carbocycles. The summed E-state index contributed by atoms with van der Waals surface area (Å²) in [6.07, 6.45) is 15.2. The summed E-state index contributed by atoms with van der Waals surface area (Å²) in [5.41, 5.74) is 0.275. The quantitative estimate of drug-likeness (QED) is 0.100. The molecule has 5 nitrogen and oxygen atoms in total. The number of carbonyl (C=O) groups excluding carboxylic acids is 1. The zero-order chi connectivity index (χ0) is 27.6. The normalized spacial score (nSPS) is 18.6. The van der Waals surface area contributed by atoms with Gasteiger partial charge < -0.3 is 19.5 Å². The topological polar surface area (TPSA) is 56.8 Å². The van der Waals surface area contributed by atoms with Gasteiger partial charge in [-0.1, -0.05) is 100 Å². The van der Waals surface area contributed by atoms with Crippen LogP contribution in [0.3, 0.4) is 0 Å². The van der Waals surface area contributed by atoms with Gasteiger partial charge in [0, 0.05) is 30.1 Å². The van der Waals surface area contributed by atoms with E-state index >= 15 is 0 Å². The van der Waals surface area contributed by atoms with Crippen molar-refractivity contribution in [3.8, 4) is 0 Å². The molecule has 1 amide bonds. The van der Waals surface area contributed by atoms with Crippen molar-refractivity contribution in [2.45, 2.75) is 149 Å². The second-order valence-electron chi connectivity index (χ2n) is 12.0. The lowest BCUT2D eigenvalue weighted by atomic mass is 9.76. The van der Waals surface area contributed by atoms with Crippen LogP contribution in [-0.4, -0.2) is 61.1 Å². The van der Waals surface area contributed by atoms with Crippen LogP contribution in [0, 0.1) is 5.41 Å². The molecule has 1 aliphatic heterocycles. The minimum Gasteiger partial charge on any atom is -0.376 e. The summed E-state index contributed by atoms with van der Waals surface area (Å²) in [4.78, 5) is 12.2. The highest BCUT2D eigenvalue weighted by molar-refractivity contribution is 8.77. The lowest BCUT2D eigenvalue weighted by Crippen LogP contribution is -2.35. The summed E-state index contributed by atoms with van der Waals surface area (Å²) in [6.45, 7) is 18.3. The highest BCUT2D eigenvalue weighted by Gasteiger charge is 2.37. The molecule has 1 saturated heterocycles. The van der Waals surface area contributed by atoms with Gasteiger partial charge in [-0.15, -0.1) is 0 Å². The van der Waals surface area contributed by atoms with E-state index in [1.807, 2.05) is 35.4 Å². The second-order valence-corrected chi connectivity index (χ2v) is 15.0. The number of nitrogens with one attached hydrogen (secondary N) is 1. The Labute approximate surface area is 237 Å². The van der Waals surface area contributed by atoms with Crippen molar-refractivity contribution in [2.75, 3.05) is 32.1 Å². The molecule has 7 heteroatoms. The Bertz CT molecular complexity index is 586. The average Bonchev–Trinajstić information content (AvgIpc) is 3.26. The number of rotatable bonds is 23. The first-order valence-electron chi connectivity index (χ1n) is 15.0. The van der Waals surface area contributed by atoms with Gasteiger partial charge >= 0.3 is 0 Å². The van der Waals surface area contributed by atoms with E-state index in [9.17, 15) is 4.79 Å². The minimum absolute atomic E-state index is 0.000508. The third-order valence-corrected chi connectivity index (χ3v) is 11.2. The second kappa shape index (κ2) is 20.0. The summed E-state index contributed by atoms with van der Waals surface area (Å²) in [6, 6.07) is 0. The first-order valence-corrected chi connectivity index (χ1v) is 17.3. The molecule has 0 bridgehead atoms. The number of carbonyl (C=O) groups is 1. The van der Waals surface area contributed by atoms with E-state index in [2.05, 4.69) is 39.9 Å². The number of hydrogen-bond donors (Lipinski definition) is 1.